The minimum atomic E-state index is -1.39. The lowest BCUT2D eigenvalue weighted by Crippen LogP contribution is -2.65. The van der Waals surface area contributed by atoms with Gasteiger partial charge in [-0.15, -0.1) is 0 Å². The van der Waals surface area contributed by atoms with E-state index in [2.05, 4.69) is 39.8 Å². The standard InChI is InChI=1S/C36H46N4O6/c1-35(2,3)46-34(45)37-29-19-11-6-4-5-10-17-27-22-36(27,33(43)44)38-31(41)30-24-39(20-21-40(30)32(29)42)23-26-16-12-13-18-28(26)25-14-8-7-9-15-25/h7-10,12-18,27,29-30H,4-6,11,19-24H2,1-3H3,(H,37,45)(H,38,41)(H,43,44)/b17-10+/t27?,29-,30-,36-/m0/s1. The molecule has 0 bridgehead atoms. The van der Waals surface area contributed by atoms with Gasteiger partial charge >= 0.3 is 12.1 Å². The van der Waals surface area contributed by atoms with E-state index in [1.54, 1.807) is 20.8 Å². The summed E-state index contributed by atoms with van der Waals surface area (Å²) in [5, 5.41) is 15.8. The van der Waals surface area contributed by atoms with Crippen LogP contribution in [0.25, 0.3) is 11.1 Å². The minimum absolute atomic E-state index is 0.218. The highest BCUT2D eigenvalue weighted by atomic mass is 16.6. The number of fused-ring (bicyclic) bond motifs is 2. The summed E-state index contributed by atoms with van der Waals surface area (Å²) in [5.41, 5.74) is 1.14. The minimum Gasteiger partial charge on any atom is -0.479 e. The molecule has 1 aliphatic carbocycles. The predicted octanol–water partition coefficient (Wildman–Crippen LogP) is 4.74. The molecule has 2 aromatic rings. The molecule has 0 aromatic heterocycles. The smallest absolute Gasteiger partial charge is 0.408 e. The molecule has 2 heterocycles. The molecule has 2 aromatic carbocycles. The van der Waals surface area contributed by atoms with Crippen LogP contribution < -0.4 is 10.6 Å². The van der Waals surface area contributed by atoms with Gasteiger partial charge in [-0.2, -0.15) is 0 Å². The second kappa shape index (κ2) is 14.1. The normalized spacial score (nSPS) is 26.8. The molecule has 10 nitrogen and oxygen atoms in total. The van der Waals surface area contributed by atoms with Gasteiger partial charge in [0.15, 0.2) is 0 Å². The van der Waals surface area contributed by atoms with Crippen LogP contribution >= 0.6 is 0 Å². The third kappa shape index (κ3) is 7.96. The molecule has 0 spiro atoms. The van der Waals surface area contributed by atoms with Crippen molar-refractivity contribution in [3.8, 4) is 11.1 Å². The first-order chi connectivity index (χ1) is 22.0. The zero-order chi connectivity index (χ0) is 32.9. The van der Waals surface area contributed by atoms with Gasteiger partial charge < -0.3 is 25.4 Å². The Labute approximate surface area is 271 Å². The molecule has 2 fully saturated rings. The van der Waals surface area contributed by atoms with Crippen LogP contribution in [0, 0.1) is 5.92 Å². The van der Waals surface area contributed by atoms with Crippen molar-refractivity contribution in [2.24, 2.45) is 5.92 Å². The lowest BCUT2D eigenvalue weighted by atomic mass is 9.98. The average molecular weight is 631 g/mol. The third-order valence-electron chi connectivity index (χ3n) is 9.01. The topological polar surface area (TPSA) is 128 Å². The number of allylic oxidation sites excluding steroid dienone is 1. The van der Waals surface area contributed by atoms with Crippen LogP contribution in [0.5, 0.6) is 0 Å². The Bertz CT molecular complexity index is 1450. The summed E-state index contributed by atoms with van der Waals surface area (Å²) in [7, 11) is 0. The van der Waals surface area contributed by atoms with Gasteiger partial charge in [-0.1, -0.05) is 79.6 Å². The molecule has 46 heavy (non-hydrogen) atoms. The number of hydrogen-bond acceptors (Lipinski definition) is 6. The number of ether oxygens (including phenoxy) is 1. The summed E-state index contributed by atoms with van der Waals surface area (Å²) >= 11 is 0. The first kappa shape index (κ1) is 33.2. The number of carbonyl (C=O) groups is 4. The third-order valence-corrected chi connectivity index (χ3v) is 9.01. The number of nitrogens with zero attached hydrogens (tertiary/aromatic N) is 2. The van der Waals surface area contributed by atoms with Gasteiger partial charge in [-0.05, 0) is 63.1 Å². The van der Waals surface area contributed by atoms with Crippen molar-refractivity contribution in [1.29, 1.82) is 0 Å². The summed E-state index contributed by atoms with van der Waals surface area (Å²) in [6, 6.07) is 16.4. The van der Waals surface area contributed by atoms with Crippen molar-refractivity contribution in [3.05, 3.63) is 72.3 Å². The van der Waals surface area contributed by atoms with E-state index in [-0.39, 0.29) is 24.9 Å². The predicted molar refractivity (Wildman–Crippen MR) is 175 cm³/mol. The number of nitrogens with one attached hydrogen (secondary N) is 2. The molecular weight excluding hydrogens is 584 g/mol. The van der Waals surface area contributed by atoms with Crippen LogP contribution in [0.1, 0.15) is 64.9 Å². The number of piperazine rings is 1. The second-order valence-electron chi connectivity index (χ2n) is 13.6. The molecule has 4 atom stereocenters. The Hall–Kier alpha value is -4.18. The summed E-state index contributed by atoms with van der Waals surface area (Å²) in [6.07, 6.45) is 7.10. The highest BCUT2D eigenvalue weighted by Gasteiger charge is 2.61. The SMILES string of the molecule is CC(C)(C)OC(=O)N[C@H]1CCCCC/C=C/C2C[C@]2(C(=O)O)NC(=O)[C@@H]2CN(Cc3ccccc3-c3ccccc3)CCN2C1=O. The molecule has 1 saturated carbocycles. The van der Waals surface area contributed by atoms with Crippen molar-refractivity contribution in [3.63, 3.8) is 0 Å². The number of amides is 3. The molecular formula is C36H46N4O6. The molecule has 5 rings (SSSR count). The zero-order valence-electron chi connectivity index (χ0n) is 27.0. The van der Waals surface area contributed by atoms with Crippen LogP contribution in [0.2, 0.25) is 0 Å². The highest BCUT2D eigenvalue weighted by molar-refractivity contribution is 5.96. The van der Waals surface area contributed by atoms with Crippen molar-refractivity contribution in [2.45, 2.75) is 89.1 Å². The maximum absolute atomic E-state index is 14.2. The van der Waals surface area contributed by atoms with E-state index in [1.165, 1.54) is 4.90 Å². The van der Waals surface area contributed by atoms with Gasteiger partial charge in [0.05, 0.1) is 0 Å². The van der Waals surface area contributed by atoms with Crippen LogP contribution in [-0.4, -0.2) is 81.6 Å². The molecule has 3 amide bonds. The summed E-state index contributed by atoms with van der Waals surface area (Å²) in [5.74, 6) is -2.24. The van der Waals surface area contributed by atoms with Crippen molar-refractivity contribution in [1.82, 2.24) is 20.4 Å². The molecule has 3 N–H and O–H groups in total. The van der Waals surface area contributed by atoms with Crippen LogP contribution in [-0.2, 0) is 25.7 Å². The Kier molecular flexibility index (Phi) is 10.2. The fourth-order valence-corrected chi connectivity index (χ4v) is 6.49. The molecule has 246 valence electrons. The molecule has 2 aliphatic heterocycles. The number of carboxylic acid groups (broad SMARTS) is 1. The molecule has 3 aliphatic rings. The van der Waals surface area contributed by atoms with Crippen molar-refractivity contribution < 1.29 is 29.0 Å². The Morgan fingerprint density at radius 3 is 2.50 bits per heavy atom. The maximum Gasteiger partial charge on any atom is 0.408 e. The van der Waals surface area contributed by atoms with Crippen LogP contribution in [0.3, 0.4) is 0 Å². The van der Waals surface area contributed by atoms with E-state index in [4.69, 9.17) is 4.74 Å². The first-order valence-electron chi connectivity index (χ1n) is 16.3. The molecule has 1 unspecified atom stereocenters. The number of alkyl carbamates (subject to hydrolysis) is 1. The van der Waals surface area contributed by atoms with Gasteiger partial charge in [0, 0.05) is 32.1 Å². The Balaban J connectivity index is 1.43. The largest absolute Gasteiger partial charge is 0.479 e. The quantitative estimate of drug-likeness (QED) is 0.407. The number of benzene rings is 2. The lowest BCUT2D eigenvalue weighted by Gasteiger charge is -2.42. The van der Waals surface area contributed by atoms with Gasteiger partial charge in [-0.25, -0.2) is 9.59 Å². The second-order valence-corrected chi connectivity index (χ2v) is 13.6. The first-order valence-corrected chi connectivity index (χ1v) is 16.3. The van der Waals surface area contributed by atoms with E-state index in [0.29, 0.717) is 32.4 Å². The zero-order valence-corrected chi connectivity index (χ0v) is 27.0. The number of aliphatic carboxylic acids is 1. The number of carboxylic acids is 1. The van der Waals surface area contributed by atoms with Crippen LogP contribution in [0.15, 0.2) is 66.7 Å². The van der Waals surface area contributed by atoms with E-state index >= 15 is 0 Å². The van der Waals surface area contributed by atoms with Crippen LogP contribution in [0.4, 0.5) is 4.79 Å². The van der Waals surface area contributed by atoms with E-state index in [0.717, 1.165) is 36.0 Å². The van der Waals surface area contributed by atoms with Gasteiger partial charge in [0.1, 0.15) is 23.2 Å². The molecule has 1 saturated heterocycles. The monoisotopic (exact) mass is 630 g/mol. The van der Waals surface area contributed by atoms with Crippen molar-refractivity contribution >= 4 is 23.9 Å². The summed E-state index contributed by atoms with van der Waals surface area (Å²) < 4.78 is 5.48. The average Bonchev–Trinajstić information content (AvgIpc) is 3.72. The van der Waals surface area contributed by atoms with E-state index < -0.39 is 41.2 Å². The fraction of sp³-hybridized carbons (Fsp3) is 0.500. The van der Waals surface area contributed by atoms with E-state index in [9.17, 15) is 24.3 Å². The fourth-order valence-electron chi connectivity index (χ4n) is 6.49. The van der Waals surface area contributed by atoms with Gasteiger partial charge in [0.2, 0.25) is 11.8 Å². The number of hydrogen-bond donors (Lipinski definition) is 3. The van der Waals surface area contributed by atoms with Crippen molar-refractivity contribution in [2.75, 3.05) is 19.6 Å². The van der Waals surface area contributed by atoms with Gasteiger partial charge in [0.25, 0.3) is 0 Å². The lowest BCUT2D eigenvalue weighted by molar-refractivity contribution is -0.149. The molecule has 10 heteroatoms. The van der Waals surface area contributed by atoms with E-state index in [1.807, 2.05) is 42.5 Å². The Morgan fingerprint density at radius 1 is 1.02 bits per heavy atom. The summed E-state index contributed by atoms with van der Waals surface area (Å²) in [6.45, 7) is 6.81. The highest BCUT2D eigenvalue weighted by Crippen LogP contribution is 2.45. The number of rotatable bonds is 5. The molecule has 0 radical (unpaired) electrons. The maximum atomic E-state index is 14.2. The summed E-state index contributed by atoms with van der Waals surface area (Å²) in [4.78, 5) is 57.2. The Morgan fingerprint density at radius 2 is 1.76 bits per heavy atom. The number of carbonyl (C=O) groups excluding carboxylic acids is 3. The van der Waals surface area contributed by atoms with Gasteiger partial charge in [-0.3, -0.25) is 14.5 Å².